The smallest absolute Gasteiger partial charge is 0.326 e. The Morgan fingerprint density at radius 1 is 1.13 bits per heavy atom. The van der Waals surface area contributed by atoms with Gasteiger partial charge in [-0.3, -0.25) is 19.2 Å². The number of hydrogen-bond acceptors (Lipinski definition) is 7. The van der Waals surface area contributed by atoms with Crippen LogP contribution in [0.4, 0.5) is 0 Å². The number of carboxylic acids is 2. The lowest BCUT2D eigenvalue weighted by molar-refractivity contribution is -0.148. The first kappa shape index (κ1) is 25.7. The van der Waals surface area contributed by atoms with Crippen LogP contribution in [0.25, 0.3) is 0 Å². The molecule has 1 fully saturated rings. The lowest BCUT2D eigenvalue weighted by Crippen LogP contribution is -2.57. The standard InChI is InChI=1S/C18H30N4O7S/c1-9(2)6-11(20-15(25)10(19)8-30)17(27)22-5-3-4-13(22)16(26)21-12(18(28)29)7-14(23)24/h9-13,30H,3-8,19H2,1-2H3,(H,20,25)(H,21,26)(H,23,24)(H,28,29). The Kier molecular flexibility index (Phi) is 10.1. The lowest BCUT2D eigenvalue weighted by atomic mass is 10.0. The summed E-state index contributed by atoms with van der Waals surface area (Å²) in [6.45, 7) is 4.02. The van der Waals surface area contributed by atoms with Crippen molar-refractivity contribution in [3.05, 3.63) is 0 Å². The van der Waals surface area contributed by atoms with E-state index in [1.165, 1.54) is 4.90 Å². The summed E-state index contributed by atoms with van der Waals surface area (Å²) in [5, 5.41) is 22.8. The summed E-state index contributed by atoms with van der Waals surface area (Å²) in [6.07, 6.45) is 0.356. The molecule has 0 spiro atoms. The molecule has 0 aliphatic carbocycles. The van der Waals surface area contributed by atoms with Crippen molar-refractivity contribution >= 4 is 42.3 Å². The Morgan fingerprint density at radius 3 is 2.27 bits per heavy atom. The van der Waals surface area contributed by atoms with Crippen molar-refractivity contribution in [2.45, 2.75) is 63.7 Å². The Balaban J connectivity index is 2.95. The van der Waals surface area contributed by atoms with Crippen LogP contribution >= 0.6 is 12.6 Å². The average Bonchev–Trinajstić information content (AvgIpc) is 3.14. The molecule has 3 amide bonds. The highest BCUT2D eigenvalue weighted by Crippen LogP contribution is 2.21. The fourth-order valence-electron chi connectivity index (χ4n) is 3.20. The molecule has 170 valence electrons. The molecule has 0 aromatic rings. The third kappa shape index (κ3) is 7.48. The number of nitrogens with one attached hydrogen (secondary N) is 2. The summed E-state index contributed by atoms with van der Waals surface area (Å²) >= 11 is 3.98. The van der Waals surface area contributed by atoms with E-state index in [0.717, 1.165) is 0 Å². The molecule has 0 aromatic heterocycles. The molecule has 11 nitrogen and oxygen atoms in total. The van der Waals surface area contributed by atoms with Gasteiger partial charge in [-0.25, -0.2) is 4.79 Å². The molecule has 1 rings (SSSR count). The molecule has 1 saturated heterocycles. The van der Waals surface area contributed by atoms with Gasteiger partial charge in [0.2, 0.25) is 17.7 Å². The van der Waals surface area contributed by atoms with Crippen LogP contribution in [-0.2, 0) is 24.0 Å². The van der Waals surface area contributed by atoms with Crippen LogP contribution in [0.2, 0.25) is 0 Å². The molecule has 4 unspecified atom stereocenters. The maximum Gasteiger partial charge on any atom is 0.326 e. The minimum Gasteiger partial charge on any atom is -0.481 e. The van der Waals surface area contributed by atoms with Gasteiger partial charge < -0.3 is 31.5 Å². The van der Waals surface area contributed by atoms with Crippen molar-refractivity contribution in [3.8, 4) is 0 Å². The SMILES string of the molecule is CC(C)CC(NC(=O)C(N)CS)C(=O)N1CCCC1C(=O)NC(CC(=O)O)C(=O)O. The van der Waals surface area contributed by atoms with E-state index in [9.17, 15) is 24.0 Å². The minimum absolute atomic E-state index is 0.0633. The maximum atomic E-state index is 13.1. The van der Waals surface area contributed by atoms with E-state index in [0.29, 0.717) is 19.3 Å². The summed E-state index contributed by atoms with van der Waals surface area (Å²) in [7, 11) is 0. The molecule has 0 bridgehead atoms. The highest BCUT2D eigenvalue weighted by atomic mass is 32.1. The topological polar surface area (TPSA) is 179 Å². The van der Waals surface area contributed by atoms with E-state index >= 15 is 0 Å². The number of carbonyl (C=O) groups is 5. The van der Waals surface area contributed by atoms with Crippen molar-refractivity contribution in [1.82, 2.24) is 15.5 Å². The molecule has 30 heavy (non-hydrogen) atoms. The van der Waals surface area contributed by atoms with Crippen molar-refractivity contribution in [2.24, 2.45) is 11.7 Å². The van der Waals surface area contributed by atoms with Crippen LogP contribution in [0.3, 0.4) is 0 Å². The molecule has 6 N–H and O–H groups in total. The second-order valence-corrected chi connectivity index (χ2v) is 8.03. The zero-order chi connectivity index (χ0) is 23.0. The second kappa shape index (κ2) is 11.7. The van der Waals surface area contributed by atoms with E-state index in [1.807, 2.05) is 13.8 Å². The minimum atomic E-state index is -1.60. The quantitative estimate of drug-likeness (QED) is 0.214. The van der Waals surface area contributed by atoms with Crippen LogP contribution in [0.1, 0.15) is 39.5 Å². The fourth-order valence-corrected chi connectivity index (χ4v) is 3.37. The summed E-state index contributed by atoms with van der Waals surface area (Å²) in [5.74, 6) is -4.43. The maximum absolute atomic E-state index is 13.1. The lowest BCUT2D eigenvalue weighted by Gasteiger charge is -2.30. The van der Waals surface area contributed by atoms with E-state index < -0.39 is 60.2 Å². The van der Waals surface area contributed by atoms with Gasteiger partial charge in [-0.2, -0.15) is 12.6 Å². The van der Waals surface area contributed by atoms with Gasteiger partial charge in [-0.1, -0.05) is 13.8 Å². The molecule has 1 aliphatic heterocycles. The molecule has 0 aromatic carbocycles. The summed E-state index contributed by atoms with van der Waals surface area (Å²) < 4.78 is 0. The fraction of sp³-hybridized carbons (Fsp3) is 0.722. The Morgan fingerprint density at radius 2 is 1.77 bits per heavy atom. The van der Waals surface area contributed by atoms with Crippen LogP contribution in [0, 0.1) is 5.92 Å². The highest BCUT2D eigenvalue weighted by Gasteiger charge is 2.39. The third-order valence-corrected chi connectivity index (χ3v) is 5.08. The van der Waals surface area contributed by atoms with Gasteiger partial charge in [-0.05, 0) is 25.2 Å². The number of hydrogen-bond donors (Lipinski definition) is 6. The number of nitrogens with two attached hydrogens (primary N) is 1. The number of aliphatic carboxylic acids is 2. The van der Waals surface area contributed by atoms with Crippen molar-refractivity contribution in [1.29, 1.82) is 0 Å². The van der Waals surface area contributed by atoms with E-state index in [2.05, 4.69) is 23.3 Å². The molecular weight excluding hydrogens is 416 g/mol. The number of rotatable bonds is 11. The van der Waals surface area contributed by atoms with Crippen molar-refractivity contribution < 1.29 is 34.2 Å². The first-order chi connectivity index (χ1) is 14.0. The molecule has 1 heterocycles. The number of amides is 3. The number of likely N-dealkylation sites (tertiary alicyclic amines) is 1. The number of carbonyl (C=O) groups excluding carboxylic acids is 3. The first-order valence-corrected chi connectivity index (χ1v) is 10.3. The monoisotopic (exact) mass is 446 g/mol. The van der Waals surface area contributed by atoms with Gasteiger partial charge in [0.25, 0.3) is 0 Å². The van der Waals surface area contributed by atoms with Crippen molar-refractivity contribution in [2.75, 3.05) is 12.3 Å². The van der Waals surface area contributed by atoms with Crippen LogP contribution in [0.15, 0.2) is 0 Å². The normalized spacial score (nSPS) is 19.1. The molecular formula is C18H30N4O7S. The van der Waals surface area contributed by atoms with Gasteiger partial charge in [-0.15, -0.1) is 0 Å². The predicted molar refractivity (Wildman–Crippen MR) is 110 cm³/mol. The molecule has 1 aliphatic rings. The van der Waals surface area contributed by atoms with Crippen LogP contribution in [0.5, 0.6) is 0 Å². The van der Waals surface area contributed by atoms with Gasteiger partial charge >= 0.3 is 11.9 Å². The summed E-state index contributed by atoms with van der Waals surface area (Å²) in [4.78, 5) is 61.2. The number of carboxylic acid groups (broad SMARTS) is 2. The van der Waals surface area contributed by atoms with Crippen LogP contribution in [-0.4, -0.2) is 81.2 Å². The van der Waals surface area contributed by atoms with E-state index in [4.69, 9.17) is 15.9 Å². The molecule has 0 saturated carbocycles. The number of nitrogens with zero attached hydrogens (tertiary/aromatic N) is 1. The third-order valence-electron chi connectivity index (χ3n) is 4.69. The average molecular weight is 447 g/mol. The van der Waals surface area contributed by atoms with Gasteiger partial charge in [0, 0.05) is 12.3 Å². The summed E-state index contributed by atoms with van der Waals surface area (Å²) in [6, 6.07) is -4.34. The second-order valence-electron chi connectivity index (χ2n) is 7.67. The Labute approximate surface area is 180 Å². The highest BCUT2D eigenvalue weighted by molar-refractivity contribution is 7.80. The zero-order valence-electron chi connectivity index (χ0n) is 17.0. The zero-order valence-corrected chi connectivity index (χ0v) is 17.9. The Bertz CT molecular complexity index is 673. The van der Waals surface area contributed by atoms with Gasteiger partial charge in [0.1, 0.15) is 18.1 Å². The van der Waals surface area contributed by atoms with Gasteiger partial charge in [0.15, 0.2) is 0 Å². The van der Waals surface area contributed by atoms with Gasteiger partial charge in [0.05, 0.1) is 12.5 Å². The largest absolute Gasteiger partial charge is 0.481 e. The molecule has 0 radical (unpaired) electrons. The number of thiol groups is 1. The van der Waals surface area contributed by atoms with Crippen molar-refractivity contribution in [3.63, 3.8) is 0 Å². The Hall–Kier alpha value is -2.34. The first-order valence-electron chi connectivity index (χ1n) is 9.70. The van der Waals surface area contributed by atoms with Crippen LogP contribution < -0.4 is 16.4 Å². The predicted octanol–water partition coefficient (Wildman–Crippen LogP) is -1.19. The van der Waals surface area contributed by atoms with E-state index in [-0.39, 0.29) is 18.2 Å². The molecule has 4 atom stereocenters. The van der Waals surface area contributed by atoms with E-state index in [1.54, 1.807) is 0 Å². The summed E-state index contributed by atoms with van der Waals surface area (Å²) in [5.41, 5.74) is 5.67. The molecule has 12 heteroatoms.